The maximum atomic E-state index is 12.6. The zero-order chi connectivity index (χ0) is 21.0. The SMILES string of the molecule is Cc1oc(S(=O)(=O)NC(=O)Nc2c3c(cc4c2CCO4)CCC3)cc1C(C)(C)O. The Morgan fingerprint density at radius 3 is 2.62 bits per heavy atom. The van der Waals surface area contributed by atoms with Crippen molar-refractivity contribution in [3.05, 3.63) is 40.1 Å². The topological polar surface area (TPSA) is 118 Å². The van der Waals surface area contributed by atoms with Gasteiger partial charge in [-0.2, -0.15) is 8.42 Å². The molecular formula is C20H24N2O6S. The third-order valence-corrected chi connectivity index (χ3v) is 6.55. The Hall–Kier alpha value is -2.52. The third-order valence-electron chi connectivity index (χ3n) is 5.36. The predicted molar refractivity (Wildman–Crippen MR) is 106 cm³/mol. The van der Waals surface area contributed by atoms with E-state index in [2.05, 4.69) is 5.32 Å². The number of urea groups is 1. The Labute approximate surface area is 169 Å². The van der Waals surface area contributed by atoms with Crippen LogP contribution in [0.5, 0.6) is 5.75 Å². The van der Waals surface area contributed by atoms with Crippen LogP contribution in [0.15, 0.2) is 21.6 Å². The summed E-state index contributed by atoms with van der Waals surface area (Å²) in [6.07, 6.45) is 3.39. The van der Waals surface area contributed by atoms with E-state index in [1.165, 1.54) is 19.9 Å². The van der Waals surface area contributed by atoms with Gasteiger partial charge in [0.15, 0.2) is 0 Å². The lowest BCUT2D eigenvalue weighted by molar-refractivity contribution is 0.0769. The molecule has 1 aliphatic heterocycles. The lowest BCUT2D eigenvalue weighted by Gasteiger charge is -2.15. The van der Waals surface area contributed by atoms with E-state index in [0.717, 1.165) is 41.7 Å². The van der Waals surface area contributed by atoms with Crippen molar-refractivity contribution in [3.8, 4) is 5.75 Å². The molecule has 1 aliphatic carbocycles. The number of rotatable bonds is 4. The fourth-order valence-corrected chi connectivity index (χ4v) is 4.96. The van der Waals surface area contributed by atoms with E-state index < -0.39 is 26.7 Å². The zero-order valence-electron chi connectivity index (χ0n) is 16.6. The molecule has 8 nitrogen and oxygen atoms in total. The van der Waals surface area contributed by atoms with Crippen molar-refractivity contribution in [1.29, 1.82) is 0 Å². The maximum absolute atomic E-state index is 12.6. The van der Waals surface area contributed by atoms with Gasteiger partial charge in [0.1, 0.15) is 11.5 Å². The highest BCUT2D eigenvalue weighted by atomic mass is 32.2. The van der Waals surface area contributed by atoms with Crippen molar-refractivity contribution < 1.29 is 27.5 Å². The Balaban J connectivity index is 1.58. The average Bonchev–Trinajstić information content (AvgIpc) is 3.31. The van der Waals surface area contributed by atoms with E-state index in [1.54, 1.807) is 6.92 Å². The number of aryl methyl sites for hydroxylation is 2. The second-order valence-corrected chi connectivity index (χ2v) is 9.59. The number of hydrogen-bond acceptors (Lipinski definition) is 6. The van der Waals surface area contributed by atoms with E-state index in [9.17, 15) is 18.3 Å². The largest absolute Gasteiger partial charge is 0.493 e. The summed E-state index contributed by atoms with van der Waals surface area (Å²) in [6, 6.07) is 2.39. The van der Waals surface area contributed by atoms with Crippen LogP contribution in [0.4, 0.5) is 10.5 Å². The van der Waals surface area contributed by atoms with E-state index in [-0.39, 0.29) is 5.76 Å². The molecule has 0 fully saturated rings. The molecule has 0 bridgehead atoms. The number of sulfonamides is 1. The van der Waals surface area contributed by atoms with Gasteiger partial charge in [0, 0.05) is 23.6 Å². The van der Waals surface area contributed by atoms with Crippen LogP contribution in [0.25, 0.3) is 0 Å². The van der Waals surface area contributed by atoms with Crippen molar-refractivity contribution >= 4 is 21.7 Å². The van der Waals surface area contributed by atoms with Crippen LogP contribution in [0, 0.1) is 6.92 Å². The van der Waals surface area contributed by atoms with E-state index in [4.69, 9.17) is 9.15 Å². The van der Waals surface area contributed by atoms with E-state index >= 15 is 0 Å². The van der Waals surface area contributed by atoms with Gasteiger partial charge in [0.2, 0.25) is 5.09 Å². The third kappa shape index (κ3) is 3.60. The molecule has 0 atom stereocenters. The molecule has 0 radical (unpaired) electrons. The second-order valence-electron chi connectivity index (χ2n) is 7.97. The summed E-state index contributed by atoms with van der Waals surface area (Å²) in [5, 5.41) is 12.4. The van der Waals surface area contributed by atoms with E-state index in [1.807, 2.05) is 10.8 Å². The number of amides is 2. The minimum atomic E-state index is -4.24. The highest BCUT2D eigenvalue weighted by molar-refractivity contribution is 7.89. The van der Waals surface area contributed by atoms with Crippen molar-refractivity contribution in [2.24, 2.45) is 0 Å². The van der Waals surface area contributed by atoms with Gasteiger partial charge in [-0.15, -0.1) is 0 Å². The molecule has 3 N–H and O–H groups in total. The van der Waals surface area contributed by atoms with Crippen molar-refractivity contribution in [1.82, 2.24) is 4.72 Å². The number of benzene rings is 1. The predicted octanol–water partition coefficient (Wildman–Crippen LogP) is 2.75. The fourth-order valence-electron chi connectivity index (χ4n) is 4.06. The summed E-state index contributed by atoms with van der Waals surface area (Å²) in [5.41, 5.74) is 2.79. The van der Waals surface area contributed by atoms with Crippen LogP contribution in [0.2, 0.25) is 0 Å². The number of ether oxygens (including phenoxy) is 1. The second kappa shape index (κ2) is 6.77. The van der Waals surface area contributed by atoms with Crippen molar-refractivity contribution in [2.75, 3.05) is 11.9 Å². The number of anilines is 1. The Bertz CT molecular complexity index is 1060. The molecule has 2 heterocycles. The molecule has 0 unspecified atom stereocenters. The molecule has 0 spiro atoms. The minimum Gasteiger partial charge on any atom is -0.493 e. The highest BCUT2D eigenvalue weighted by Gasteiger charge is 2.30. The number of aliphatic hydroxyl groups is 1. The molecule has 0 saturated heterocycles. The smallest absolute Gasteiger partial charge is 0.333 e. The lowest BCUT2D eigenvalue weighted by Crippen LogP contribution is -2.34. The molecule has 1 aromatic carbocycles. The molecule has 2 amide bonds. The Morgan fingerprint density at radius 1 is 1.17 bits per heavy atom. The number of furan rings is 1. The van der Waals surface area contributed by atoms with Crippen molar-refractivity contribution in [2.45, 2.75) is 57.1 Å². The molecule has 2 aromatic rings. The van der Waals surface area contributed by atoms with Gasteiger partial charge in [0.25, 0.3) is 10.0 Å². The van der Waals surface area contributed by atoms with Gasteiger partial charge in [-0.05, 0) is 57.2 Å². The van der Waals surface area contributed by atoms with Crippen molar-refractivity contribution in [3.63, 3.8) is 0 Å². The number of carbonyl (C=O) groups excluding carboxylic acids is 1. The fraction of sp³-hybridized carbons (Fsp3) is 0.450. The Morgan fingerprint density at radius 2 is 1.93 bits per heavy atom. The van der Waals surface area contributed by atoms with Crippen LogP contribution in [-0.4, -0.2) is 26.2 Å². The molecule has 9 heteroatoms. The van der Waals surface area contributed by atoms with Gasteiger partial charge < -0.3 is 19.6 Å². The highest BCUT2D eigenvalue weighted by Crippen LogP contribution is 2.40. The van der Waals surface area contributed by atoms with Crippen LogP contribution >= 0.6 is 0 Å². The molecule has 4 rings (SSSR count). The van der Waals surface area contributed by atoms with Crippen LogP contribution in [0.3, 0.4) is 0 Å². The van der Waals surface area contributed by atoms with Crippen LogP contribution in [0.1, 0.15) is 48.3 Å². The van der Waals surface area contributed by atoms with Gasteiger partial charge in [-0.1, -0.05) is 0 Å². The van der Waals surface area contributed by atoms with Crippen LogP contribution in [-0.2, 0) is 34.9 Å². The number of hydrogen-bond donors (Lipinski definition) is 3. The molecule has 0 saturated carbocycles. The average molecular weight is 420 g/mol. The first kappa shape index (κ1) is 19.8. The number of nitrogens with one attached hydrogen (secondary N) is 2. The molecule has 2 aliphatic rings. The number of carbonyl (C=O) groups is 1. The first-order valence-electron chi connectivity index (χ1n) is 9.54. The van der Waals surface area contributed by atoms with Crippen LogP contribution < -0.4 is 14.8 Å². The lowest BCUT2D eigenvalue weighted by atomic mass is 10.00. The monoisotopic (exact) mass is 420 g/mol. The standard InChI is InChI=1S/C20H24N2O6S/c1-11-15(20(2,3)24)10-17(28-11)29(25,26)22-19(23)21-18-13-6-4-5-12(13)9-16-14(18)7-8-27-16/h9-10,24H,4-8H2,1-3H3,(H2,21,22,23). The minimum absolute atomic E-state index is 0.272. The summed E-state index contributed by atoms with van der Waals surface area (Å²) in [7, 11) is -4.24. The number of fused-ring (bicyclic) bond motifs is 2. The van der Waals surface area contributed by atoms with Gasteiger partial charge in [0.05, 0.1) is 17.9 Å². The molecule has 29 heavy (non-hydrogen) atoms. The summed E-state index contributed by atoms with van der Waals surface area (Å²) in [6.45, 7) is 5.15. The van der Waals surface area contributed by atoms with Gasteiger partial charge in [-0.3, -0.25) is 0 Å². The molecular weight excluding hydrogens is 396 g/mol. The van der Waals surface area contributed by atoms with Gasteiger partial charge in [-0.25, -0.2) is 9.52 Å². The summed E-state index contributed by atoms with van der Waals surface area (Å²) < 4.78 is 38.2. The maximum Gasteiger partial charge on any atom is 0.333 e. The molecule has 1 aromatic heterocycles. The zero-order valence-corrected chi connectivity index (χ0v) is 17.4. The quantitative estimate of drug-likeness (QED) is 0.700. The molecule has 156 valence electrons. The first-order chi connectivity index (χ1) is 13.6. The Kier molecular flexibility index (Phi) is 4.62. The summed E-state index contributed by atoms with van der Waals surface area (Å²) in [5.74, 6) is 1.02. The van der Waals surface area contributed by atoms with Gasteiger partial charge >= 0.3 is 6.03 Å². The summed E-state index contributed by atoms with van der Waals surface area (Å²) >= 11 is 0. The van der Waals surface area contributed by atoms with E-state index in [0.29, 0.717) is 24.3 Å². The first-order valence-corrected chi connectivity index (χ1v) is 11.0. The normalized spacial score (nSPS) is 15.6. The summed E-state index contributed by atoms with van der Waals surface area (Å²) in [4.78, 5) is 12.6.